The smallest absolute Gasteiger partial charge is 0.217 e. The lowest BCUT2D eigenvalue weighted by Crippen LogP contribution is -2.11. The summed E-state index contributed by atoms with van der Waals surface area (Å²) in [7, 11) is 0. The molecule has 4 nitrogen and oxygen atoms in total. The maximum absolute atomic E-state index is 12.3. The zero-order chi connectivity index (χ0) is 15.2. The standard InChI is InChI=1S/C17H18N2O2/c18-11-13-3-8-15(9-4-13)17(21)14-6-1-12(2-7-14)5-10-16(19)20/h1-4,6-9H,5,10-11,18H2,(H2,19,20). The summed E-state index contributed by atoms with van der Waals surface area (Å²) in [4.78, 5) is 23.1. The van der Waals surface area contributed by atoms with Gasteiger partial charge in [-0.3, -0.25) is 9.59 Å². The number of hydrogen-bond acceptors (Lipinski definition) is 3. The summed E-state index contributed by atoms with van der Waals surface area (Å²) >= 11 is 0. The van der Waals surface area contributed by atoms with Crippen LogP contribution in [-0.2, 0) is 17.8 Å². The van der Waals surface area contributed by atoms with E-state index in [4.69, 9.17) is 11.5 Å². The Morgan fingerprint density at radius 3 is 1.71 bits per heavy atom. The van der Waals surface area contributed by atoms with Crippen LogP contribution in [0.4, 0.5) is 0 Å². The molecule has 2 aromatic carbocycles. The van der Waals surface area contributed by atoms with E-state index in [0.717, 1.165) is 11.1 Å². The normalized spacial score (nSPS) is 10.3. The Kier molecular flexibility index (Phi) is 4.85. The van der Waals surface area contributed by atoms with Gasteiger partial charge in [-0.2, -0.15) is 0 Å². The molecule has 4 heteroatoms. The van der Waals surface area contributed by atoms with Crippen LogP contribution in [0.2, 0.25) is 0 Å². The van der Waals surface area contributed by atoms with Crippen LogP contribution in [0.1, 0.15) is 33.5 Å². The number of aryl methyl sites for hydroxylation is 1. The average Bonchev–Trinajstić information content (AvgIpc) is 2.53. The molecule has 0 radical (unpaired) electrons. The van der Waals surface area contributed by atoms with Gasteiger partial charge >= 0.3 is 0 Å². The highest BCUT2D eigenvalue weighted by Gasteiger charge is 2.09. The molecule has 0 aliphatic rings. The van der Waals surface area contributed by atoms with Crippen molar-refractivity contribution < 1.29 is 9.59 Å². The molecule has 0 fully saturated rings. The fraction of sp³-hybridized carbons (Fsp3) is 0.176. The van der Waals surface area contributed by atoms with Gasteiger partial charge in [0.05, 0.1) is 0 Å². The highest BCUT2D eigenvalue weighted by molar-refractivity contribution is 6.09. The van der Waals surface area contributed by atoms with Gasteiger partial charge in [-0.25, -0.2) is 0 Å². The third-order valence-corrected chi connectivity index (χ3v) is 3.33. The summed E-state index contributed by atoms with van der Waals surface area (Å²) in [5.74, 6) is -0.352. The third kappa shape index (κ3) is 4.00. The lowest BCUT2D eigenvalue weighted by atomic mass is 10.00. The third-order valence-electron chi connectivity index (χ3n) is 3.33. The topological polar surface area (TPSA) is 86.2 Å². The fourth-order valence-electron chi connectivity index (χ4n) is 2.05. The van der Waals surface area contributed by atoms with Crippen LogP contribution in [0.3, 0.4) is 0 Å². The number of rotatable bonds is 6. The predicted octanol–water partition coefficient (Wildman–Crippen LogP) is 1.79. The summed E-state index contributed by atoms with van der Waals surface area (Å²) in [5.41, 5.74) is 13.9. The van der Waals surface area contributed by atoms with Crippen LogP contribution in [0.15, 0.2) is 48.5 Å². The summed E-state index contributed by atoms with van der Waals surface area (Å²) in [6.45, 7) is 0.461. The molecule has 0 aliphatic carbocycles. The Labute approximate surface area is 123 Å². The van der Waals surface area contributed by atoms with E-state index in [2.05, 4.69) is 0 Å². The fourth-order valence-corrected chi connectivity index (χ4v) is 2.05. The van der Waals surface area contributed by atoms with E-state index in [9.17, 15) is 9.59 Å². The van der Waals surface area contributed by atoms with Crippen LogP contribution < -0.4 is 11.5 Å². The van der Waals surface area contributed by atoms with Crippen molar-refractivity contribution in [3.05, 3.63) is 70.8 Å². The molecule has 0 bridgehead atoms. The van der Waals surface area contributed by atoms with Gasteiger partial charge in [0.1, 0.15) is 0 Å². The van der Waals surface area contributed by atoms with Crippen LogP contribution in [0, 0.1) is 0 Å². The largest absolute Gasteiger partial charge is 0.370 e. The molecule has 21 heavy (non-hydrogen) atoms. The van der Waals surface area contributed by atoms with E-state index in [-0.39, 0.29) is 11.7 Å². The van der Waals surface area contributed by atoms with Gasteiger partial charge < -0.3 is 11.5 Å². The molecule has 1 amide bonds. The molecule has 0 spiro atoms. The number of hydrogen-bond donors (Lipinski definition) is 2. The first-order chi connectivity index (χ1) is 10.1. The molecule has 108 valence electrons. The van der Waals surface area contributed by atoms with Crippen LogP contribution >= 0.6 is 0 Å². The van der Waals surface area contributed by atoms with Crippen molar-refractivity contribution in [3.8, 4) is 0 Å². The second kappa shape index (κ2) is 6.81. The molecule has 0 unspecified atom stereocenters. The van der Waals surface area contributed by atoms with Crippen LogP contribution in [0.25, 0.3) is 0 Å². The van der Waals surface area contributed by atoms with Crippen molar-refractivity contribution in [2.24, 2.45) is 11.5 Å². The zero-order valence-corrected chi connectivity index (χ0v) is 11.7. The molecule has 0 aliphatic heterocycles. The zero-order valence-electron chi connectivity index (χ0n) is 11.7. The number of carbonyl (C=O) groups is 2. The van der Waals surface area contributed by atoms with Crippen molar-refractivity contribution >= 4 is 11.7 Å². The van der Waals surface area contributed by atoms with Crippen molar-refractivity contribution in [1.82, 2.24) is 0 Å². The van der Waals surface area contributed by atoms with Crippen molar-refractivity contribution in [3.63, 3.8) is 0 Å². The van der Waals surface area contributed by atoms with Gasteiger partial charge in [-0.05, 0) is 17.5 Å². The molecule has 0 heterocycles. The van der Waals surface area contributed by atoms with Crippen molar-refractivity contribution in [2.75, 3.05) is 0 Å². The van der Waals surface area contributed by atoms with Gasteiger partial charge in [-0.15, -0.1) is 0 Å². The summed E-state index contributed by atoms with van der Waals surface area (Å²) in [6.07, 6.45) is 0.906. The second-order valence-electron chi connectivity index (χ2n) is 4.89. The average molecular weight is 282 g/mol. The van der Waals surface area contributed by atoms with Gasteiger partial charge in [0.15, 0.2) is 5.78 Å². The number of amides is 1. The van der Waals surface area contributed by atoms with E-state index in [1.54, 1.807) is 24.3 Å². The van der Waals surface area contributed by atoms with E-state index < -0.39 is 0 Å². The highest BCUT2D eigenvalue weighted by Crippen LogP contribution is 2.13. The maximum atomic E-state index is 12.3. The maximum Gasteiger partial charge on any atom is 0.217 e. The molecule has 0 atom stereocenters. The molecule has 2 aromatic rings. The summed E-state index contributed by atoms with van der Waals surface area (Å²) < 4.78 is 0. The molecule has 0 saturated heterocycles. The first-order valence-corrected chi connectivity index (χ1v) is 6.81. The Balaban J connectivity index is 2.09. The monoisotopic (exact) mass is 282 g/mol. The van der Waals surface area contributed by atoms with E-state index >= 15 is 0 Å². The van der Waals surface area contributed by atoms with Gasteiger partial charge in [0.25, 0.3) is 0 Å². The summed E-state index contributed by atoms with van der Waals surface area (Å²) in [5, 5.41) is 0. The highest BCUT2D eigenvalue weighted by atomic mass is 16.1. The Hall–Kier alpha value is -2.46. The second-order valence-corrected chi connectivity index (χ2v) is 4.89. The lowest BCUT2D eigenvalue weighted by Gasteiger charge is -2.04. The van der Waals surface area contributed by atoms with E-state index in [0.29, 0.717) is 30.5 Å². The quantitative estimate of drug-likeness (QED) is 0.792. The molecular weight excluding hydrogens is 264 g/mol. The first-order valence-electron chi connectivity index (χ1n) is 6.81. The minimum absolute atomic E-state index is 0.0278. The number of primary amides is 1. The number of ketones is 1. The Morgan fingerprint density at radius 2 is 1.29 bits per heavy atom. The van der Waals surface area contributed by atoms with E-state index in [1.165, 1.54) is 0 Å². The molecular formula is C17H18N2O2. The van der Waals surface area contributed by atoms with Gasteiger partial charge in [-0.1, -0.05) is 48.5 Å². The molecule has 4 N–H and O–H groups in total. The number of carbonyl (C=O) groups excluding carboxylic acids is 2. The molecule has 2 rings (SSSR count). The molecule has 0 aromatic heterocycles. The van der Waals surface area contributed by atoms with Crippen molar-refractivity contribution in [2.45, 2.75) is 19.4 Å². The molecule has 0 saturated carbocycles. The number of nitrogens with two attached hydrogens (primary N) is 2. The Morgan fingerprint density at radius 1 is 0.810 bits per heavy atom. The van der Waals surface area contributed by atoms with Crippen LogP contribution in [-0.4, -0.2) is 11.7 Å². The van der Waals surface area contributed by atoms with Crippen molar-refractivity contribution in [1.29, 1.82) is 0 Å². The minimum Gasteiger partial charge on any atom is -0.370 e. The van der Waals surface area contributed by atoms with Crippen LogP contribution in [0.5, 0.6) is 0 Å². The predicted molar refractivity (Wildman–Crippen MR) is 81.7 cm³/mol. The summed E-state index contributed by atoms with van der Waals surface area (Å²) in [6, 6.07) is 14.5. The lowest BCUT2D eigenvalue weighted by molar-refractivity contribution is -0.117. The minimum atomic E-state index is -0.324. The van der Waals surface area contributed by atoms with E-state index in [1.807, 2.05) is 24.3 Å². The van der Waals surface area contributed by atoms with Gasteiger partial charge in [0, 0.05) is 24.1 Å². The Bertz CT molecular complexity index is 631. The SMILES string of the molecule is NCc1ccc(C(=O)c2ccc(CCC(N)=O)cc2)cc1. The first kappa shape index (κ1) is 14.9. The van der Waals surface area contributed by atoms with Gasteiger partial charge in [0.2, 0.25) is 5.91 Å². The number of benzene rings is 2.